The van der Waals surface area contributed by atoms with Crippen LogP contribution in [-0.4, -0.2) is 13.2 Å². The molecule has 1 saturated carbocycles. The molecule has 0 spiro atoms. The number of hydrogen-bond acceptors (Lipinski definition) is 1. The molecule has 15 heavy (non-hydrogen) atoms. The van der Waals surface area contributed by atoms with Gasteiger partial charge >= 0.3 is 0 Å². The van der Waals surface area contributed by atoms with Crippen molar-refractivity contribution in [3.05, 3.63) is 24.3 Å². The standard InChI is InChI=1S/C10H12.C4H10O/c1-2-9-7-4-5-8(6-7)10(9)3-1;1-3-5-4-2/h1-2,4-5,7-10H,3,6H2;3-4H2,1-2H3. The summed E-state index contributed by atoms with van der Waals surface area (Å²) < 4.78 is 4.83. The summed E-state index contributed by atoms with van der Waals surface area (Å²) in [6.45, 7) is 5.67. The van der Waals surface area contributed by atoms with Crippen LogP contribution in [0.3, 0.4) is 0 Å². The minimum absolute atomic E-state index is 0.844. The first-order valence-corrected chi connectivity index (χ1v) is 6.29. The molecule has 0 amide bonds. The van der Waals surface area contributed by atoms with Crippen LogP contribution >= 0.6 is 0 Å². The van der Waals surface area contributed by atoms with Gasteiger partial charge < -0.3 is 4.74 Å². The molecule has 3 rings (SSSR count). The average molecular weight is 206 g/mol. The fraction of sp³-hybridized carbons (Fsp3) is 0.714. The molecular formula is C14H22O. The molecule has 4 unspecified atom stereocenters. The number of hydrogen-bond donors (Lipinski definition) is 0. The third kappa shape index (κ3) is 2.17. The fourth-order valence-electron chi connectivity index (χ4n) is 3.18. The maximum atomic E-state index is 4.83. The highest BCUT2D eigenvalue weighted by Crippen LogP contribution is 2.52. The molecule has 4 atom stereocenters. The van der Waals surface area contributed by atoms with Crippen molar-refractivity contribution >= 4 is 0 Å². The van der Waals surface area contributed by atoms with Crippen molar-refractivity contribution in [2.75, 3.05) is 13.2 Å². The Hall–Kier alpha value is -0.560. The minimum Gasteiger partial charge on any atom is -0.382 e. The SMILES string of the molecule is C1=CC2C3C=CC(C3)C2C1.CCOCC. The zero-order valence-electron chi connectivity index (χ0n) is 9.86. The summed E-state index contributed by atoms with van der Waals surface area (Å²) in [6, 6.07) is 0. The topological polar surface area (TPSA) is 9.23 Å². The van der Waals surface area contributed by atoms with E-state index in [-0.39, 0.29) is 0 Å². The van der Waals surface area contributed by atoms with E-state index in [1.165, 1.54) is 12.8 Å². The van der Waals surface area contributed by atoms with E-state index >= 15 is 0 Å². The third-order valence-electron chi connectivity index (χ3n) is 3.86. The van der Waals surface area contributed by atoms with Gasteiger partial charge in [-0.25, -0.2) is 0 Å². The van der Waals surface area contributed by atoms with Crippen LogP contribution in [-0.2, 0) is 4.74 Å². The van der Waals surface area contributed by atoms with E-state index in [0.717, 1.165) is 36.9 Å². The van der Waals surface area contributed by atoms with Crippen LogP contribution in [0, 0.1) is 23.7 Å². The summed E-state index contributed by atoms with van der Waals surface area (Å²) in [4.78, 5) is 0. The average Bonchev–Trinajstić information content (AvgIpc) is 2.94. The van der Waals surface area contributed by atoms with Crippen molar-refractivity contribution in [3.8, 4) is 0 Å². The third-order valence-corrected chi connectivity index (χ3v) is 3.86. The minimum atomic E-state index is 0.844. The van der Waals surface area contributed by atoms with Crippen LogP contribution in [0.25, 0.3) is 0 Å². The van der Waals surface area contributed by atoms with E-state index < -0.39 is 0 Å². The quantitative estimate of drug-likeness (QED) is 0.629. The Morgan fingerprint density at radius 3 is 2.40 bits per heavy atom. The van der Waals surface area contributed by atoms with Crippen molar-refractivity contribution in [2.45, 2.75) is 26.7 Å². The molecular weight excluding hydrogens is 184 g/mol. The molecule has 0 aromatic heterocycles. The molecule has 0 heterocycles. The van der Waals surface area contributed by atoms with Gasteiger partial charge in [-0.1, -0.05) is 24.3 Å². The van der Waals surface area contributed by atoms with Crippen molar-refractivity contribution in [1.82, 2.24) is 0 Å². The largest absolute Gasteiger partial charge is 0.382 e. The number of ether oxygens (including phenoxy) is 1. The van der Waals surface area contributed by atoms with Crippen LogP contribution in [0.5, 0.6) is 0 Å². The van der Waals surface area contributed by atoms with Gasteiger partial charge in [0.1, 0.15) is 0 Å². The monoisotopic (exact) mass is 206 g/mol. The van der Waals surface area contributed by atoms with Crippen LogP contribution < -0.4 is 0 Å². The van der Waals surface area contributed by atoms with Crippen molar-refractivity contribution in [3.63, 3.8) is 0 Å². The normalized spacial score (nSPS) is 39.1. The Morgan fingerprint density at radius 1 is 1.07 bits per heavy atom. The second-order valence-electron chi connectivity index (χ2n) is 4.63. The highest BCUT2D eigenvalue weighted by Gasteiger charge is 2.44. The van der Waals surface area contributed by atoms with E-state index in [0.29, 0.717) is 0 Å². The molecule has 0 saturated heterocycles. The second kappa shape index (κ2) is 4.98. The molecule has 2 bridgehead atoms. The first-order chi connectivity index (χ1) is 7.36. The van der Waals surface area contributed by atoms with Crippen molar-refractivity contribution in [1.29, 1.82) is 0 Å². The number of rotatable bonds is 2. The van der Waals surface area contributed by atoms with Gasteiger partial charge in [-0.15, -0.1) is 0 Å². The van der Waals surface area contributed by atoms with Crippen LogP contribution in [0.1, 0.15) is 26.7 Å². The highest BCUT2D eigenvalue weighted by molar-refractivity contribution is 5.21. The van der Waals surface area contributed by atoms with Gasteiger partial charge in [-0.2, -0.15) is 0 Å². The molecule has 0 radical (unpaired) electrons. The lowest BCUT2D eigenvalue weighted by atomic mass is 9.86. The molecule has 1 nitrogen and oxygen atoms in total. The van der Waals surface area contributed by atoms with Gasteiger partial charge in [-0.3, -0.25) is 0 Å². The molecule has 1 fully saturated rings. The highest BCUT2D eigenvalue weighted by atomic mass is 16.5. The van der Waals surface area contributed by atoms with Crippen LogP contribution in [0.15, 0.2) is 24.3 Å². The van der Waals surface area contributed by atoms with Gasteiger partial charge in [0, 0.05) is 13.2 Å². The van der Waals surface area contributed by atoms with Crippen molar-refractivity contribution < 1.29 is 4.74 Å². The van der Waals surface area contributed by atoms with Gasteiger partial charge in [0.25, 0.3) is 0 Å². The molecule has 0 aromatic rings. The Labute approximate surface area is 93.2 Å². The maximum Gasteiger partial charge on any atom is 0.0437 e. The lowest BCUT2D eigenvalue weighted by Gasteiger charge is -2.18. The van der Waals surface area contributed by atoms with Crippen LogP contribution in [0.4, 0.5) is 0 Å². The summed E-state index contributed by atoms with van der Waals surface area (Å²) in [5, 5.41) is 0. The fourth-order valence-corrected chi connectivity index (χ4v) is 3.18. The predicted octanol–water partition coefficient (Wildman–Crippen LogP) is 3.43. The van der Waals surface area contributed by atoms with E-state index in [9.17, 15) is 0 Å². The maximum absolute atomic E-state index is 4.83. The summed E-state index contributed by atoms with van der Waals surface area (Å²) in [7, 11) is 0. The molecule has 1 heteroatoms. The lowest BCUT2D eigenvalue weighted by Crippen LogP contribution is -2.12. The first kappa shape index (κ1) is 10.9. The van der Waals surface area contributed by atoms with Gasteiger partial charge in [-0.05, 0) is 50.4 Å². The van der Waals surface area contributed by atoms with E-state index in [2.05, 4.69) is 24.3 Å². The summed E-state index contributed by atoms with van der Waals surface area (Å²) in [5.41, 5.74) is 0. The summed E-state index contributed by atoms with van der Waals surface area (Å²) in [6.07, 6.45) is 12.5. The van der Waals surface area contributed by atoms with Gasteiger partial charge in [0.05, 0.1) is 0 Å². The summed E-state index contributed by atoms with van der Waals surface area (Å²) >= 11 is 0. The van der Waals surface area contributed by atoms with Gasteiger partial charge in [0.2, 0.25) is 0 Å². The Morgan fingerprint density at radius 2 is 1.80 bits per heavy atom. The van der Waals surface area contributed by atoms with Crippen molar-refractivity contribution in [2.24, 2.45) is 23.7 Å². The first-order valence-electron chi connectivity index (χ1n) is 6.29. The lowest BCUT2D eigenvalue weighted by molar-refractivity contribution is 0.162. The van der Waals surface area contributed by atoms with Crippen LogP contribution in [0.2, 0.25) is 0 Å². The Kier molecular flexibility index (Phi) is 3.63. The zero-order chi connectivity index (χ0) is 10.7. The Bertz CT molecular complexity index is 252. The number of fused-ring (bicyclic) bond motifs is 5. The second-order valence-corrected chi connectivity index (χ2v) is 4.63. The zero-order valence-corrected chi connectivity index (χ0v) is 9.86. The molecule has 3 aliphatic rings. The molecule has 0 aliphatic heterocycles. The molecule has 0 aromatic carbocycles. The molecule has 84 valence electrons. The van der Waals surface area contributed by atoms with Gasteiger partial charge in [0.15, 0.2) is 0 Å². The van der Waals surface area contributed by atoms with E-state index in [1.807, 2.05) is 13.8 Å². The molecule has 3 aliphatic carbocycles. The summed E-state index contributed by atoms with van der Waals surface area (Å²) in [5.74, 6) is 3.82. The predicted molar refractivity (Wildman–Crippen MR) is 63.6 cm³/mol. The Balaban J connectivity index is 0.000000149. The number of allylic oxidation sites excluding steroid dienone is 4. The van der Waals surface area contributed by atoms with E-state index in [4.69, 9.17) is 4.74 Å². The van der Waals surface area contributed by atoms with E-state index in [1.54, 1.807) is 0 Å². The smallest absolute Gasteiger partial charge is 0.0437 e. The molecule has 0 N–H and O–H groups in total.